The highest BCUT2D eigenvalue weighted by molar-refractivity contribution is 9.10. The normalized spacial score (nSPS) is 12.4. The van der Waals surface area contributed by atoms with Crippen LogP contribution in [-0.2, 0) is 13.5 Å². The first-order valence-corrected chi connectivity index (χ1v) is 9.18. The van der Waals surface area contributed by atoms with E-state index in [9.17, 15) is 0 Å². The molecular weight excluding hydrogens is 424 g/mol. The molecule has 0 spiro atoms. The average Bonchev–Trinajstić information content (AvgIpc) is 2.54. The Hall–Kier alpha value is 0.650. The van der Waals surface area contributed by atoms with Crippen molar-refractivity contribution < 1.29 is 0 Å². The van der Waals surface area contributed by atoms with E-state index >= 15 is 0 Å². The summed E-state index contributed by atoms with van der Waals surface area (Å²) in [6.45, 7) is 6.60. The molecule has 1 aromatic heterocycles. The summed E-state index contributed by atoms with van der Waals surface area (Å²) in [6.07, 6.45) is 2.22. The van der Waals surface area contributed by atoms with Gasteiger partial charge in [0.05, 0.1) is 15.9 Å². The fourth-order valence-electron chi connectivity index (χ4n) is 2.40. The molecule has 1 rings (SSSR count). The van der Waals surface area contributed by atoms with E-state index in [2.05, 4.69) is 66.7 Å². The average molecular weight is 445 g/mol. The Labute approximate surface area is 135 Å². The summed E-state index contributed by atoms with van der Waals surface area (Å²) in [4.78, 5) is 0. The van der Waals surface area contributed by atoms with Gasteiger partial charge in [-0.25, -0.2) is 0 Å². The second-order valence-corrected chi connectivity index (χ2v) is 7.43. The van der Waals surface area contributed by atoms with Gasteiger partial charge in [-0.3, -0.25) is 4.68 Å². The fourth-order valence-corrected chi connectivity index (χ4v) is 4.66. The number of aromatic nitrogens is 2. The monoisotopic (exact) mass is 442 g/mol. The van der Waals surface area contributed by atoms with Crippen LogP contribution in [0.5, 0.6) is 0 Å². The number of hydrogen-bond donors (Lipinski definition) is 0. The van der Waals surface area contributed by atoms with Crippen LogP contribution in [0.1, 0.15) is 31.7 Å². The van der Waals surface area contributed by atoms with Gasteiger partial charge in [-0.2, -0.15) is 5.10 Å². The Kier molecular flexibility index (Phi) is 6.39. The molecule has 0 radical (unpaired) electrons. The molecule has 0 atom stereocenters. The maximum atomic E-state index is 4.48. The molecule has 0 aliphatic carbocycles. The van der Waals surface area contributed by atoms with Crippen LogP contribution in [0.4, 0.5) is 0 Å². The van der Waals surface area contributed by atoms with E-state index in [1.165, 1.54) is 12.1 Å². The first-order valence-electron chi connectivity index (χ1n) is 6.15. The molecule has 0 aromatic carbocycles. The van der Waals surface area contributed by atoms with E-state index in [1.807, 2.05) is 18.7 Å². The van der Waals surface area contributed by atoms with Crippen molar-refractivity contribution in [3.63, 3.8) is 0 Å². The molecule has 0 saturated carbocycles. The van der Waals surface area contributed by atoms with Crippen molar-refractivity contribution in [1.82, 2.24) is 9.78 Å². The third kappa shape index (κ3) is 3.83. The lowest BCUT2D eigenvalue weighted by Gasteiger charge is -2.32. The fraction of sp³-hybridized carbons (Fsp3) is 0.769. The SMILES string of the molecule is Cc1nn(C)c(CC(CBr)(CBr)CC(C)C)c1Br. The van der Waals surface area contributed by atoms with E-state index in [4.69, 9.17) is 0 Å². The van der Waals surface area contributed by atoms with Crippen LogP contribution in [0.25, 0.3) is 0 Å². The van der Waals surface area contributed by atoms with Crippen LogP contribution >= 0.6 is 47.8 Å². The van der Waals surface area contributed by atoms with E-state index in [0.29, 0.717) is 5.92 Å². The zero-order valence-electron chi connectivity index (χ0n) is 11.4. The molecule has 1 aromatic rings. The van der Waals surface area contributed by atoms with Crippen molar-refractivity contribution in [2.24, 2.45) is 18.4 Å². The van der Waals surface area contributed by atoms with Gasteiger partial charge in [0.2, 0.25) is 0 Å². The molecule has 0 fully saturated rings. The standard InChI is InChI=1S/C13H21Br3N2/c1-9(2)5-13(7-14,8-15)6-11-12(16)10(3)17-18(11)4/h9H,5-8H2,1-4H3. The highest BCUT2D eigenvalue weighted by atomic mass is 79.9. The van der Waals surface area contributed by atoms with E-state index < -0.39 is 0 Å². The minimum Gasteiger partial charge on any atom is -0.271 e. The second-order valence-electron chi connectivity index (χ2n) is 5.51. The van der Waals surface area contributed by atoms with E-state index in [-0.39, 0.29) is 5.41 Å². The molecule has 18 heavy (non-hydrogen) atoms. The number of nitrogens with zero attached hydrogens (tertiary/aromatic N) is 2. The van der Waals surface area contributed by atoms with E-state index in [0.717, 1.165) is 27.2 Å². The van der Waals surface area contributed by atoms with Crippen LogP contribution in [0.3, 0.4) is 0 Å². The van der Waals surface area contributed by atoms with Crippen molar-refractivity contribution >= 4 is 47.8 Å². The molecule has 0 saturated heterocycles. The van der Waals surface area contributed by atoms with Gasteiger partial charge in [0.25, 0.3) is 0 Å². The smallest absolute Gasteiger partial charge is 0.0738 e. The predicted octanol–water partition coefficient (Wildman–Crippen LogP) is 4.86. The van der Waals surface area contributed by atoms with Crippen LogP contribution in [0.15, 0.2) is 4.47 Å². The summed E-state index contributed by atoms with van der Waals surface area (Å²) < 4.78 is 3.15. The maximum Gasteiger partial charge on any atom is 0.0738 e. The number of aryl methyl sites for hydroxylation is 2. The highest BCUT2D eigenvalue weighted by Gasteiger charge is 2.31. The van der Waals surface area contributed by atoms with Gasteiger partial charge in [0.15, 0.2) is 0 Å². The predicted molar refractivity (Wildman–Crippen MR) is 88.8 cm³/mol. The van der Waals surface area contributed by atoms with Crippen molar-refractivity contribution in [2.75, 3.05) is 10.7 Å². The molecule has 2 nitrogen and oxygen atoms in total. The van der Waals surface area contributed by atoms with Gasteiger partial charge in [0.1, 0.15) is 0 Å². The Morgan fingerprint density at radius 3 is 2.17 bits per heavy atom. The largest absolute Gasteiger partial charge is 0.271 e. The zero-order valence-corrected chi connectivity index (χ0v) is 16.2. The summed E-state index contributed by atoms with van der Waals surface area (Å²) in [5, 5.41) is 6.48. The molecule has 104 valence electrons. The lowest BCUT2D eigenvalue weighted by molar-refractivity contribution is 0.297. The van der Waals surface area contributed by atoms with Crippen molar-refractivity contribution in [1.29, 1.82) is 0 Å². The summed E-state index contributed by atoms with van der Waals surface area (Å²) >= 11 is 11.1. The first-order chi connectivity index (χ1) is 8.35. The molecular formula is C13H21Br3N2. The molecule has 0 bridgehead atoms. The molecule has 0 aliphatic heterocycles. The number of rotatable bonds is 6. The third-order valence-electron chi connectivity index (χ3n) is 3.21. The zero-order chi connectivity index (χ0) is 13.9. The first kappa shape index (κ1) is 16.7. The number of hydrogen-bond acceptors (Lipinski definition) is 1. The highest BCUT2D eigenvalue weighted by Crippen LogP contribution is 2.37. The quantitative estimate of drug-likeness (QED) is 0.573. The number of halogens is 3. The molecule has 0 N–H and O–H groups in total. The van der Waals surface area contributed by atoms with Crippen LogP contribution in [-0.4, -0.2) is 20.4 Å². The summed E-state index contributed by atoms with van der Waals surface area (Å²) in [5.74, 6) is 0.688. The molecule has 0 aliphatic rings. The Morgan fingerprint density at radius 2 is 1.83 bits per heavy atom. The van der Waals surface area contributed by atoms with Gasteiger partial charge >= 0.3 is 0 Å². The lowest BCUT2D eigenvalue weighted by atomic mass is 9.80. The van der Waals surface area contributed by atoms with Crippen LogP contribution in [0.2, 0.25) is 0 Å². The minimum atomic E-state index is 0.247. The van der Waals surface area contributed by atoms with E-state index in [1.54, 1.807) is 0 Å². The Bertz CT molecular complexity index is 395. The summed E-state index contributed by atoms with van der Waals surface area (Å²) in [7, 11) is 2.02. The maximum absolute atomic E-state index is 4.48. The van der Waals surface area contributed by atoms with Crippen LogP contribution in [0, 0.1) is 18.3 Å². The van der Waals surface area contributed by atoms with Crippen molar-refractivity contribution in [2.45, 2.75) is 33.6 Å². The Balaban J connectivity index is 3.03. The summed E-state index contributed by atoms with van der Waals surface area (Å²) in [6, 6.07) is 0. The van der Waals surface area contributed by atoms with Gasteiger partial charge in [-0.05, 0) is 47.0 Å². The number of alkyl halides is 2. The van der Waals surface area contributed by atoms with Crippen LogP contribution < -0.4 is 0 Å². The topological polar surface area (TPSA) is 17.8 Å². The molecule has 5 heteroatoms. The van der Waals surface area contributed by atoms with Crippen molar-refractivity contribution in [3.05, 3.63) is 15.9 Å². The second kappa shape index (κ2) is 6.89. The van der Waals surface area contributed by atoms with Gasteiger partial charge in [-0.1, -0.05) is 45.7 Å². The minimum absolute atomic E-state index is 0.247. The van der Waals surface area contributed by atoms with Gasteiger partial charge in [-0.15, -0.1) is 0 Å². The lowest BCUT2D eigenvalue weighted by Crippen LogP contribution is -2.30. The van der Waals surface area contributed by atoms with Gasteiger partial charge in [0, 0.05) is 17.7 Å². The molecule has 0 unspecified atom stereocenters. The van der Waals surface area contributed by atoms with Crippen molar-refractivity contribution in [3.8, 4) is 0 Å². The third-order valence-corrected chi connectivity index (χ3v) is 6.62. The Morgan fingerprint density at radius 1 is 1.28 bits per heavy atom. The van der Waals surface area contributed by atoms with Gasteiger partial charge < -0.3 is 0 Å². The molecule has 1 heterocycles. The molecule has 0 amide bonds. The summed E-state index contributed by atoms with van der Waals surface area (Å²) in [5.41, 5.74) is 2.60.